The molecule has 1 fully saturated rings. The molecule has 28 heavy (non-hydrogen) atoms. The second-order valence-corrected chi connectivity index (χ2v) is 8.91. The third kappa shape index (κ3) is 5.04. The summed E-state index contributed by atoms with van der Waals surface area (Å²) in [4.78, 5) is 14.5. The van der Waals surface area contributed by atoms with Gasteiger partial charge >= 0.3 is 6.09 Å². The second kappa shape index (κ2) is 8.39. The first-order valence-electron chi connectivity index (χ1n) is 9.92. The highest BCUT2D eigenvalue weighted by molar-refractivity contribution is 5.70. The molecule has 0 spiro atoms. The molecule has 2 atom stereocenters. The zero-order chi connectivity index (χ0) is 21.3. The van der Waals surface area contributed by atoms with Crippen LogP contribution >= 0.6 is 0 Å². The number of ether oxygens (including phenoxy) is 2. The standard InChI is InChI=1S/C20H36N4O4/c1-13-16(14(2)23(22-13)9-10-25)11-21-12-17-15(3)27-20(7,8)24(17)18(26)28-19(4,5)6/h15,17,21,25H,9-12H2,1-8H3. The van der Waals surface area contributed by atoms with Crippen molar-refractivity contribution in [2.24, 2.45) is 0 Å². The Morgan fingerprint density at radius 2 is 2.00 bits per heavy atom. The summed E-state index contributed by atoms with van der Waals surface area (Å²) in [6.07, 6.45) is -0.480. The fraction of sp³-hybridized carbons (Fsp3) is 0.800. The van der Waals surface area contributed by atoms with Crippen LogP contribution in [0.15, 0.2) is 0 Å². The third-order valence-electron chi connectivity index (χ3n) is 5.02. The van der Waals surface area contributed by atoms with Gasteiger partial charge in [-0.25, -0.2) is 4.79 Å². The smallest absolute Gasteiger partial charge is 0.412 e. The summed E-state index contributed by atoms with van der Waals surface area (Å²) < 4.78 is 13.5. The topological polar surface area (TPSA) is 88.9 Å². The molecule has 1 aromatic heterocycles. The van der Waals surface area contributed by atoms with Crippen molar-refractivity contribution >= 4 is 6.09 Å². The maximum absolute atomic E-state index is 12.8. The Kier molecular flexibility index (Phi) is 6.78. The Labute approximate surface area is 168 Å². The van der Waals surface area contributed by atoms with Crippen LogP contribution in [-0.2, 0) is 22.6 Å². The molecule has 160 valence electrons. The third-order valence-corrected chi connectivity index (χ3v) is 5.02. The Morgan fingerprint density at radius 1 is 1.36 bits per heavy atom. The molecular weight excluding hydrogens is 360 g/mol. The van der Waals surface area contributed by atoms with E-state index in [1.807, 2.05) is 60.1 Å². The summed E-state index contributed by atoms with van der Waals surface area (Å²) in [5.74, 6) is 0. The largest absolute Gasteiger partial charge is 0.444 e. The Balaban J connectivity index is 2.08. The van der Waals surface area contributed by atoms with Crippen molar-refractivity contribution in [2.75, 3.05) is 13.2 Å². The number of carbonyl (C=O) groups is 1. The predicted molar refractivity (Wildman–Crippen MR) is 107 cm³/mol. The van der Waals surface area contributed by atoms with E-state index in [-0.39, 0.29) is 24.8 Å². The normalized spacial score (nSPS) is 22.0. The summed E-state index contributed by atoms with van der Waals surface area (Å²) in [6, 6.07) is -0.141. The van der Waals surface area contributed by atoms with Crippen molar-refractivity contribution in [1.82, 2.24) is 20.0 Å². The molecule has 0 aliphatic carbocycles. The van der Waals surface area contributed by atoms with Crippen molar-refractivity contribution in [3.8, 4) is 0 Å². The van der Waals surface area contributed by atoms with Crippen LogP contribution in [0.1, 0.15) is 58.5 Å². The van der Waals surface area contributed by atoms with Gasteiger partial charge in [-0.15, -0.1) is 0 Å². The number of aliphatic hydroxyl groups excluding tert-OH is 1. The maximum Gasteiger partial charge on any atom is 0.412 e. The summed E-state index contributed by atoms with van der Waals surface area (Å²) in [5.41, 5.74) is 1.80. The molecule has 0 aromatic carbocycles. The number of amides is 1. The Hall–Kier alpha value is -1.64. The molecule has 0 radical (unpaired) electrons. The van der Waals surface area contributed by atoms with Crippen LogP contribution in [0.3, 0.4) is 0 Å². The van der Waals surface area contributed by atoms with E-state index in [1.54, 1.807) is 4.90 Å². The van der Waals surface area contributed by atoms with Gasteiger partial charge in [0.1, 0.15) is 11.3 Å². The molecule has 1 aromatic rings. The number of hydrogen-bond acceptors (Lipinski definition) is 6. The molecule has 2 heterocycles. The van der Waals surface area contributed by atoms with Crippen LogP contribution in [-0.4, -0.2) is 62.5 Å². The molecule has 2 N–H and O–H groups in total. The molecule has 8 nitrogen and oxygen atoms in total. The zero-order valence-electron chi connectivity index (χ0n) is 18.5. The lowest BCUT2D eigenvalue weighted by Crippen LogP contribution is -2.53. The van der Waals surface area contributed by atoms with Gasteiger partial charge < -0.3 is 19.9 Å². The van der Waals surface area contributed by atoms with Gasteiger partial charge in [0.05, 0.1) is 31.0 Å². The molecule has 1 saturated heterocycles. The molecule has 2 unspecified atom stereocenters. The average molecular weight is 397 g/mol. The molecule has 2 rings (SSSR count). The van der Waals surface area contributed by atoms with E-state index in [1.165, 1.54) is 0 Å². The van der Waals surface area contributed by atoms with Crippen molar-refractivity contribution in [3.05, 3.63) is 17.0 Å². The predicted octanol–water partition coefficient (Wildman–Crippen LogP) is 2.34. The van der Waals surface area contributed by atoms with Crippen molar-refractivity contribution in [2.45, 2.75) is 92.0 Å². The van der Waals surface area contributed by atoms with Crippen molar-refractivity contribution in [1.29, 1.82) is 0 Å². The van der Waals surface area contributed by atoms with Gasteiger partial charge in [0.15, 0.2) is 0 Å². The van der Waals surface area contributed by atoms with Crippen LogP contribution in [0.25, 0.3) is 0 Å². The van der Waals surface area contributed by atoms with Gasteiger partial charge in [0, 0.05) is 24.3 Å². The van der Waals surface area contributed by atoms with E-state index in [0.29, 0.717) is 19.6 Å². The van der Waals surface area contributed by atoms with Gasteiger partial charge in [0.25, 0.3) is 0 Å². The number of carbonyl (C=O) groups excluding carboxylic acids is 1. The lowest BCUT2D eigenvalue weighted by Gasteiger charge is -2.35. The molecule has 1 amide bonds. The highest BCUT2D eigenvalue weighted by atomic mass is 16.6. The van der Waals surface area contributed by atoms with E-state index in [9.17, 15) is 4.79 Å². The molecule has 1 aliphatic heterocycles. The fourth-order valence-electron chi connectivity index (χ4n) is 3.77. The van der Waals surface area contributed by atoms with Gasteiger partial charge in [-0.2, -0.15) is 5.10 Å². The minimum Gasteiger partial charge on any atom is -0.444 e. The molecule has 1 aliphatic rings. The first kappa shape index (κ1) is 22.6. The minimum absolute atomic E-state index is 0.0612. The second-order valence-electron chi connectivity index (χ2n) is 8.91. The van der Waals surface area contributed by atoms with Crippen LogP contribution in [0.4, 0.5) is 4.79 Å². The fourth-order valence-corrected chi connectivity index (χ4v) is 3.77. The number of hydrogen-bond donors (Lipinski definition) is 2. The van der Waals surface area contributed by atoms with Gasteiger partial charge in [-0.05, 0) is 55.4 Å². The Morgan fingerprint density at radius 3 is 2.57 bits per heavy atom. The van der Waals surface area contributed by atoms with E-state index in [0.717, 1.165) is 17.0 Å². The molecule has 0 bridgehead atoms. The number of aromatic nitrogens is 2. The minimum atomic E-state index is -0.730. The molecular formula is C20H36N4O4. The number of aryl methyl sites for hydroxylation is 1. The number of aliphatic hydroxyl groups is 1. The average Bonchev–Trinajstić information content (AvgIpc) is 2.92. The molecule has 8 heteroatoms. The highest BCUT2D eigenvalue weighted by Crippen LogP contribution is 2.33. The molecule has 0 saturated carbocycles. The SMILES string of the molecule is Cc1nn(CCO)c(C)c1CNCC1C(C)OC(C)(C)N1C(=O)OC(C)(C)C. The van der Waals surface area contributed by atoms with Gasteiger partial charge in [0.2, 0.25) is 0 Å². The number of rotatable bonds is 6. The van der Waals surface area contributed by atoms with E-state index in [4.69, 9.17) is 14.6 Å². The number of nitrogens with zero attached hydrogens (tertiary/aromatic N) is 3. The lowest BCUT2D eigenvalue weighted by atomic mass is 10.1. The van der Waals surface area contributed by atoms with Crippen molar-refractivity contribution < 1.29 is 19.4 Å². The van der Waals surface area contributed by atoms with E-state index >= 15 is 0 Å². The monoisotopic (exact) mass is 396 g/mol. The zero-order valence-corrected chi connectivity index (χ0v) is 18.5. The highest BCUT2D eigenvalue weighted by Gasteiger charge is 2.49. The maximum atomic E-state index is 12.8. The summed E-state index contributed by atoms with van der Waals surface area (Å²) >= 11 is 0. The quantitative estimate of drug-likeness (QED) is 0.767. The van der Waals surface area contributed by atoms with E-state index in [2.05, 4.69) is 10.4 Å². The summed E-state index contributed by atoms with van der Waals surface area (Å²) in [7, 11) is 0. The van der Waals surface area contributed by atoms with Crippen LogP contribution in [0.5, 0.6) is 0 Å². The van der Waals surface area contributed by atoms with E-state index < -0.39 is 11.3 Å². The first-order chi connectivity index (χ1) is 12.9. The van der Waals surface area contributed by atoms with Crippen LogP contribution in [0.2, 0.25) is 0 Å². The first-order valence-corrected chi connectivity index (χ1v) is 9.92. The summed E-state index contributed by atoms with van der Waals surface area (Å²) in [6.45, 7) is 17.1. The van der Waals surface area contributed by atoms with Crippen LogP contribution in [0, 0.1) is 13.8 Å². The summed E-state index contributed by atoms with van der Waals surface area (Å²) in [5, 5.41) is 17.1. The van der Waals surface area contributed by atoms with Gasteiger partial charge in [-0.3, -0.25) is 9.58 Å². The number of nitrogens with one attached hydrogen (secondary N) is 1. The lowest BCUT2D eigenvalue weighted by molar-refractivity contribution is -0.0756. The Bertz CT molecular complexity index is 693. The van der Waals surface area contributed by atoms with Crippen LogP contribution < -0.4 is 5.32 Å². The van der Waals surface area contributed by atoms with Crippen molar-refractivity contribution in [3.63, 3.8) is 0 Å². The van der Waals surface area contributed by atoms with Gasteiger partial charge in [-0.1, -0.05) is 0 Å².